The van der Waals surface area contributed by atoms with E-state index >= 15 is 0 Å². The van der Waals surface area contributed by atoms with Crippen molar-refractivity contribution in [2.45, 2.75) is 32.4 Å². The van der Waals surface area contributed by atoms with Gasteiger partial charge >= 0.3 is 0 Å². The zero-order valence-corrected chi connectivity index (χ0v) is 20.8. The third-order valence-corrected chi connectivity index (χ3v) is 6.35. The molecule has 0 bridgehead atoms. The van der Waals surface area contributed by atoms with Crippen molar-refractivity contribution in [3.8, 4) is 11.6 Å². The fraction of sp³-hybridized carbons (Fsp3) is 0.370. The Morgan fingerprint density at radius 1 is 1.22 bits per heavy atom. The molecule has 1 fully saturated rings. The highest BCUT2D eigenvalue weighted by molar-refractivity contribution is 5.92. The first kappa shape index (κ1) is 25.4. The fourth-order valence-electron chi connectivity index (χ4n) is 4.37. The molecule has 1 aliphatic rings. The van der Waals surface area contributed by atoms with Crippen LogP contribution in [0.1, 0.15) is 31.4 Å². The van der Waals surface area contributed by atoms with Crippen molar-refractivity contribution in [3.63, 3.8) is 0 Å². The standard InChI is InChI=1S/C27H32N4O5/c1-18(2)15-31(34)25(32)16-30-13-12-27(28,26(30)33)20-8-10-21(11-9-20)36-17-19-14-24(35-3)29-23-7-5-4-6-22(19)23/h4-11,14,18,34H,12-13,15-17,28H2,1-3H3. The lowest BCUT2D eigenvalue weighted by Gasteiger charge is -2.25. The summed E-state index contributed by atoms with van der Waals surface area (Å²) in [6, 6.07) is 16.8. The van der Waals surface area contributed by atoms with E-state index in [0.717, 1.165) is 16.5 Å². The van der Waals surface area contributed by atoms with E-state index in [1.807, 2.05) is 44.2 Å². The van der Waals surface area contributed by atoms with Crippen LogP contribution in [-0.2, 0) is 21.7 Å². The van der Waals surface area contributed by atoms with Crippen molar-refractivity contribution in [1.29, 1.82) is 0 Å². The molecule has 0 saturated carbocycles. The van der Waals surface area contributed by atoms with E-state index in [1.165, 1.54) is 4.90 Å². The molecule has 2 aromatic carbocycles. The number of nitrogens with zero attached hydrogens (tertiary/aromatic N) is 3. The zero-order valence-electron chi connectivity index (χ0n) is 20.8. The van der Waals surface area contributed by atoms with Crippen molar-refractivity contribution in [3.05, 3.63) is 65.7 Å². The molecule has 1 saturated heterocycles. The van der Waals surface area contributed by atoms with Gasteiger partial charge in [0.15, 0.2) is 0 Å². The molecule has 1 unspecified atom stereocenters. The summed E-state index contributed by atoms with van der Waals surface area (Å²) < 4.78 is 11.3. The highest BCUT2D eigenvalue weighted by Gasteiger charge is 2.45. The number of aromatic nitrogens is 1. The lowest BCUT2D eigenvalue weighted by atomic mass is 9.89. The van der Waals surface area contributed by atoms with E-state index < -0.39 is 11.4 Å². The maximum Gasteiger partial charge on any atom is 0.265 e. The maximum absolute atomic E-state index is 13.1. The molecule has 9 nitrogen and oxygen atoms in total. The van der Waals surface area contributed by atoms with Gasteiger partial charge in [-0.05, 0) is 36.1 Å². The fourth-order valence-corrected chi connectivity index (χ4v) is 4.37. The molecular formula is C27H32N4O5. The van der Waals surface area contributed by atoms with Gasteiger partial charge in [-0.25, -0.2) is 10.0 Å². The van der Waals surface area contributed by atoms with Gasteiger partial charge in [-0.1, -0.05) is 44.2 Å². The third kappa shape index (κ3) is 5.27. The van der Waals surface area contributed by atoms with E-state index in [-0.39, 0.29) is 24.9 Å². The number of ether oxygens (including phenoxy) is 2. The van der Waals surface area contributed by atoms with E-state index in [4.69, 9.17) is 15.2 Å². The molecule has 2 amide bonds. The minimum Gasteiger partial charge on any atom is -0.489 e. The number of hydroxylamine groups is 2. The van der Waals surface area contributed by atoms with Gasteiger partial charge in [0.1, 0.15) is 24.4 Å². The Kier molecular flexibility index (Phi) is 7.42. The predicted molar refractivity (Wildman–Crippen MR) is 134 cm³/mol. The van der Waals surface area contributed by atoms with Crippen LogP contribution in [0.15, 0.2) is 54.6 Å². The molecule has 3 N–H and O–H groups in total. The molecule has 0 aliphatic carbocycles. The van der Waals surface area contributed by atoms with Gasteiger partial charge in [0.05, 0.1) is 19.2 Å². The second-order valence-corrected chi connectivity index (χ2v) is 9.47. The summed E-state index contributed by atoms with van der Waals surface area (Å²) in [6.45, 7) is 4.45. The maximum atomic E-state index is 13.1. The largest absolute Gasteiger partial charge is 0.489 e. The first-order chi connectivity index (χ1) is 17.2. The molecule has 2 heterocycles. The number of likely N-dealkylation sites (tertiary alicyclic amines) is 1. The van der Waals surface area contributed by atoms with Crippen molar-refractivity contribution < 1.29 is 24.3 Å². The normalized spacial score (nSPS) is 17.6. The molecule has 0 radical (unpaired) electrons. The zero-order chi connectivity index (χ0) is 25.9. The summed E-state index contributed by atoms with van der Waals surface area (Å²) in [5, 5.41) is 11.6. The Bertz CT molecular complexity index is 1250. The smallest absolute Gasteiger partial charge is 0.265 e. The topological polar surface area (TPSA) is 118 Å². The van der Waals surface area contributed by atoms with Crippen molar-refractivity contribution >= 4 is 22.7 Å². The summed E-state index contributed by atoms with van der Waals surface area (Å²) in [4.78, 5) is 31.2. The Morgan fingerprint density at radius 2 is 1.94 bits per heavy atom. The van der Waals surface area contributed by atoms with Gasteiger partial charge in [0.2, 0.25) is 11.8 Å². The monoisotopic (exact) mass is 492 g/mol. The highest BCUT2D eigenvalue weighted by Crippen LogP contribution is 2.32. The van der Waals surface area contributed by atoms with Gasteiger partial charge in [0, 0.05) is 23.6 Å². The SMILES string of the molecule is COc1cc(COc2ccc(C3(N)CCN(CC(=O)N(O)CC(C)C)C3=O)cc2)c2ccccc2n1. The molecule has 190 valence electrons. The minimum absolute atomic E-state index is 0.113. The van der Waals surface area contributed by atoms with Gasteiger partial charge < -0.3 is 20.1 Å². The molecule has 0 spiro atoms. The Morgan fingerprint density at radius 3 is 2.64 bits per heavy atom. The van der Waals surface area contributed by atoms with E-state index in [9.17, 15) is 14.8 Å². The first-order valence-corrected chi connectivity index (χ1v) is 11.9. The molecule has 9 heteroatoms. The predicted octanol–water partition coefficient (Wildman–Crippen LogP) is 3.08. The molecule has 4 rings (SSSR count). The highest BCUT2D eigenvalue weighted by atomic mass is 16.5. The van der Waals surface area contributed by atoms with Gasteiger partial charge in [-0.2, -0.15) is 0 Å². The number of pyridine rings is 1. The number of benzene rings is 2. The summed E-state index contributed by atoms with van der Waals surface area (Å²) in [7, 11) is 1.58. The van der Waals surface area contributed by atoms with Gasteiger partial charge in [-0.15, -0.1) is 0 Å². The van der Waals surface area contributed by atoms with Crippen LogP contribution in [0.4, 0.5) is 0 Å². The number of amides is 2. The van der Waals surface area contributed by atoms with E-state index in [0.29, 0.717) is 41.8 Å². The van der Waals surface area contributed by atoms with Crippen LogP contribution in [-0.4, -0.2) is 58.7 Å². The number of nitrogens with two attached hydrogens (primary N) is 1. The quantitative estimate of drug-likeness (QED) is 0.348. The van der Waals surface area contributed by atoms with Crippen molar-refractivity contribution in [2.75, 3.05) is 26.7 Å². The van der Waals surface area contributed by atoms with Crippen LogP contribution >= 0.6 is 0 Å². The molecule has 1 aromatic heterocycles. The number of para-hydroxylation sites is 1. The Balaban J connectivity index is 1.42. The average Bonchev–Trinajstić information content (AvgIpc) is 3.16. The van der Waals surface area contributed by atoms with Gasteiger partial charge in [-0.3, -0.25) is 14.8 Å². The summed E-state index contributed by atoms with van der Waals surface area (Å²) in [5.41, 5.74) is 7.70. The van der Waals surface area contributed by atoms with Crippen LogP contribution in [0, 0.1) is 5.92 Å². The van der Waals surface area contributed by atoms with Crippen LogP contribution in [0.5, 0.6) is 11.6 Å². The lowest BCUT2D eigenvalue weighted by molar-refractivity contribution is -0.169. The molecule has 1 atom stereocenters. The Labute approximate surface area is 210 Å². The Hall–Kier alpha value is -3.69. The van der Waals surface area contributed by atoms with Crippen LogP contribution < -0.4 is 15.2 Å². The summed E-state index contributed by atoms with van der Waals surface area (Å²) in [6.07, 6.45) is 0.373. The van der Waals surface area contributed by atoms with Crippen LogP contribution in [0.25, 0.3) is 10.9 Å². The van der Waals surface area contributed by atoms with Crippen molar-refractivity contribution in [2.24, 2.45) is 11.7 Å². The molecule has 1 aliphatic heterocycles. The number of methoxy groups -OCH3 is 1. The first-order valence-electron chi connectivity index (χ1n) is 11.9. The van der Waals surface area contributed by atoms with Gasteiger partial charge in [0.25, 0.3) is 5.91 Å². The number of carbonyl (C=O) groups is 2. The van der Waals surface area contributed by atoms with Crippen LogP contribution in [0.3, 0.4) is 0 Å². The van der Waals surface area contributed by atoms with E-state index in [2.05, 4.69) is 4.98 Å². The molecule has 3 aromatic rings. The number of carbonyl (C=O) groups excluding carboxylic acids is 2. The number of hydrogen-bond donors (Lipinski definition) is 2. The average molecular weight is 493 g/mol. The molecule has 36 heavy (non-hydrogen) atoms. The summed E-state index contributed by atoms with van der Waals surface area (Å²) >= 11 is 0. The lowest BCUT2D eigenvalue weighted by Crippen LogP contribution is -2.48. The van der Waals surface area contributed by atoms with Crippen molar-refractivity contribution in [1.82, 2.24) is 14.9 Å². The summed E-state index contributed by atoms with van der Waals surface area (Å²) in [5.74, 6) is 0.401. The second-order valence-electron chi connectivity index (χ2n) is 9.47. The van der Waals surface area contributed by atoms with E-state index in [1.54, 1.807) is 31.4 Å². The third-order valence-electron chi connectivity index (χ3n) is 6.35. The molecular weight excluding hydrogens is 460 g/mol. The van der Waals surface area contributed by atoms with Crippen LogP contribution in [0.2, 0.25) is 0 Å². The number of hydrogen-bond acceptors (Lipinski definition) is 7. The number of fused-ring (bicyclic) bond motifs is 1. The minimum atomic E-state index is -1.23. The number of rotatable bonds is 9. The second kappa shape index (κ2) is 10.5.